The van der Waals surface area contributed by atoms with Crippen LogP contribution in [-0.2, 0) is 4.79 Å². The number of carbonyl (C=O) groups excluding carboxylic acids is 1. The average Bonchev–Trinajstić information content (AvgIpc) is 2.74. The second kappa shape index (κ2) is 5.30. The number of likely N-dealkylation sites (tertiary alicyclic amines) is 1. The minimum atomic E-state index is -0.835. The lowest BCUT2D eigenvalue weighted by molar-refractivity contribution is -0.142. The van der Waals surface area contributed by atoms with E-state index in [0.29, 0.717) is 6.54 Å². The predicted molar refractivity (Wildman–Crippen MR) is 72.1 cm³/mol. The van der Waals surface area contributed by atoms with Crippen molar-refractivity contribution in [2.24, 2.45) is 11.8 Å². The van der Waals surface area contributed by atoms with Crippen LogP contribution in [0.2, 0.25) is 0 Å². The summed E-state index contributed by atoms with van der Waals surface area (Å²) < 4.78 is 0. The third kappa shape index (κ3) is 2.86. The Balaban J connectivity index is 2.02. The van der Waals surface area contributed by atoms with E-state index in [1.165, 1.54) is 0 Å². The first-order chi connectivity index (χ1) is 8.99. The van der Waals surface area contributed by atoms with Gasteiger partial charge in [-0.1, -0.05) is 25.1 Å². The van der Waals surface area contributed by atoms with Crippen molar-refractivity contribution in [3.05, 3.63) is 29.8 Å². The predicted octanol–water partition coefficient (Wildman–Crippen LogP) is 2.18. The first-order valence-corrected chi connectivity index (χ1v) is 6.33. The van der Waals surface area contributed by atoms with Crippen LogP contribution >= 0.6 is 0 Å². The SMILES string of the molecule is Cc1ccccc1NC(=O)N1C[C@@H](C)[C@H](C(=O)O)C1. The minimum absolute atomic E-state index is 0.0138. The molecule has 2 amide bonds. The van der Waals surface area contributed by atoms with Gasteiger partial charge in [0.1, 0.15) is 0 Å². The number of carboxylic acid groups (broad SMARTS) is 1. The summed E-state index contributed by atoms with van der Waals surface area (Å²) in [6.07, 6.45) is 0. The van der Waals surface area contributed by atoms with Crippen molar-refractivity contribution in [2.75, 3.05) is 18.4 Å². The van der Waals surface area contributed by atoms with Crippen LogP contribution < -0.4 is 5.32 Å². The van der Waals surface area contributed by atoms with Gasteiger partial charge in [-0.15, -0.1) is 0 Å². The molecule has 0 saturated carbocycles. The molecule has 1 aliphatic heterocycles. The van der Waals surface area contributed by atoms with E-state index in [9.17, 15) is 9.59 Å². The van der Waals surface area contributed by atoms with Crippen LogP contribution in [0.4, 0.5) is 10.5 Å². The number of benzene rings is 1. The number of aryl methyl sites for hydroxylation is 1. The zero-order chi connectivity index (χ0) is 14.0. The molecule has 0 aromatic heterocycles. The quantitative estimate of drug-likeness (QED) is 0.858. The highest BCUT2D eigenvalue weighted by molar-refractivity contribution is 5.90. The molecule has 1 heterocycles. The monoisotopic (exact) mass is 262 g/mol. The summed E-state index contributed by atoms with van der Waals surface area (Å²) in [7, 11) is 0. The molecule has 19 heavy (non-hydrogen) atoms. The molecule has 1 aromatic rings. The van der Waals surface area contributed by atoms with E-state index in [0.717, 1.165) is 11.3 Å². The molecule has 0 radical (unpaired) electrons. The normalized spacial score (nSPS) is 22.3. The molecule has 102 valence electrons. The van der Waals surface area contributed by atoms with Crippen LogP contribution in [0.25, 0.3) is 0 Å². The van der Waals surface area contributed by atoms with E-state index in [1.54, 1.807) is 4.90 Å². The Labute approximate surface area is 112 Å². The van der Waals surface area contributed by atoms with Crippen LogP contribution in [0.15, 0.2) is 24.3 Å². The summed E-state index contributed by atoms with van der Waals surface area (Å²) in [6, 6.07) is 7.28. The Bertz CT molecular complexity index is 501. The molecule has 5 nitrogen and oxygen atoms in total. The van der Waals surface area contributed by atoms with Crippen LogP contribution in [0.5, 0.6) is 0 Å². The number of para-hydroxylation sites is 1. The summed E-state index contributed by atoms with van der Waals surface area (Å²) in [5.41, 5.74) is 1.75. The number of rotatable bonds is 2. The average molecular weight is 262 g/mol. The van der Waals surface area contributed by atoms with Crippen molar-refractivity contribution in [3.8, 4) is 0 Å². The molecule has 0 unspecified atom stereocenters. The Morgan fingerprint density at radius 1 is 1.32 bits per heavy atom. The zero-order valence-corrected chi connectivity index (χ0v) is 11.1. The fourth-order valence-corrected chi connectivity index (χ4v) is 2.36. The maximum absolute atomic E-state index is 12.1. The maximum Gasteiger partial charge on any atom is 0.321 e. The summed E-state index contributed by atoms with van der Waals surface area (Å²) in [4.78, 5) is 24.7. The van der Waals surface area contributed by atoms with Gasteiger partial charge in [-0.05, 0) is 24.5 Å². The van der Waals surface area contributed by atoms with Gasteiger partial charge in [-0.3, -0.25) is 4.79 Å². The lowest BCUT2D eigenvalue weighted by Crippen LogP contribution is -2.34. The molecule has 1 saturated heterocycles. The highest BCUT2D eigenvalue weighted by Crippen LogP contribution is 2.24. The Morgan fingerprint density at radius 2 is 2.00 bits per heavy atom. The molecular formula is C14H18N2O3. The molecule has 2 atom stereocenters. The van der Waals surface area contributed by atoms with Crippen molar-refractivity contribution >= 4 is 17.7 Å². The highest BCUT2D eigenvalue weighted by Gasteiger charge is 2.36. The minimum Gasteiger partial charge on any atom is -0.481 e. The summed E-state index contributed by atoms with van der Waals surface area (Å²) in [5.74, 6) is -1.32. The van der Waals surface area contributed by atoms with E-state index in [-0.39, 0.29) is 18.5 Å². The number of amides is 2. The van der Waals surface area contributed by atoms with E-state index >= 15 is 0 Å². The van der Waals surface area contributed by atoms with Gasteiger partial charge in [0.05, 0.1) is 5.92 Å². The van der Waals surface area contributed by atoms with Gasteiger partial charge in [0.15, 0.2) is 0 Å². The van der Waals surface area contributed by atoms with Crippen molar-refractivity contribution in [1.82, 2.24) is 4.90 Å². The molecule has 2 N–H and O–H groups in total. The second-order valence-corrected chi connectivity index (χ2v) is 5.07. The molecule has 1 aliphatic rings. The molecule has 2 rings (SSSR count). The lowest BCUT2D eigenvalue weighted by atomic mass is 9.99. The molecular weight excluding hydrogens is 244 g/mol. The molecule has 1 fully saturated rings. The van der Waals surface area contributed by atoms with Gasteiger partial charge in [-0.25, -0.2) is 4.79 Å². The molecule has 0 bridgehead atoms. The van der Waals surface area contributed by atoms with E-state index in [4.69, 9.17) is 5.11 Å². The smallest absolute Gasteiger partial charge is 0.321 e. The van der Waals surface area contributed by atoms with Gasteiger partial charge >= 0.3 is 12.0 Å². The fraction of sp³-hybridized carbons (Fsp3) is 0.429. The number of nitrogens with one attached hydrogen (secondary N) is 1. The van der Waals surface area contributed by atoms with Gasteiger partial charge in [0, 0.05) is 18.8 Å². The second-order valence-electron chi connectivity index (χ2n) is 5.07. The van der Waals surface area contributed by atoms with Gasteiger partial charge in [0.2, 0.25) is 0 Å². The number of hydrogen-bond acceptors (Lipinski definition) is 2. The number of carboxylic acids is 1. The first kappa shape index (κ1) is 13.4. The third-order valence-electron chi connectivity index (χ3n) is 3.60. The third-order valence-corrected chi connectivity index (χ3v) is 3.60. The van der Waals surface area contributed by atoms with E-state index in [1.807, 2.05) is 38.1 Å². The Hall–Kier alpha value is -2.04. The van der Waals surface area contributed by atoms with Crippen molar-refractivity contribution in [2.45, 2.75) is 13.8 Å². The van der Waals surface area contributed by atoms with E-state index < -0.39 is 11.9 Å². The number of anilines is 1. The number of hydrogen-bond donors (Lipinski definition) is 2. The van der Waals surface area contributed by atoms with Crippen LogP contribution in [0, 0.1) is 18.8 Å². The summed E-state index contributed by atoms with van der Waals surface area (Å²) >= 11 is 0. The highest BCUT2D eigenvalue weighted by atomic mass is 16.4. The lowest BCUT2D eigenvalue weighted by Gasteiger charge is -2.17. The maximum atomic E-state index is 12.1. The number of urea groups is 1. The van der Waals surface area contributed by atoms with Gasteiger partial charge < -0.3 is 15.3 Å². The van der Waals surface area contributed by atoms with E-state index in [2.05, 4.69) is 5.32 Å². The number of carbonyl (C=O) groups is 2. The van der Waals surface area contributed by atoms with Crippen molar-refractivity contribution < 1.29 is 14.7 Å². The fourth-order valence-electron chi connectivity index (χ4n) is 2.36. The summed E-state index contributed by atoms with van der Waals surface area (Å²) in [5, 5.41) is 11.9. The molecule has 5 heteroatoms. The van der Waals surface area contributed by atoms with Crippen LogP contribution in [0.3, 0.4) is 0 Å². The van der Waals surface area contributed by atoms with Crippen LogP contribution in [0.1, 0.15) is 12.5 Å². The first-order valence-electron chi connectivity index (χ1n) is 6.33. The molecule has 0 aliphatic carbocycles. The Kier molecular flexibility index (Phi) is 3.74. The molecule has 0 spiro atoms. The summed E-state index contributed by atoms with van der Waals surface area (Å²) in [6.45, 7) is 4.53. The van der Waals surface area contributed by atoms with Crippen molar-refractivity contribution in [3.63, 3.8) is 0 Å². The number of aliphatic carboxylic acids is 1. The van der Waals surface area contributed by atoms with Gasteiger partial charge in [0.25, 0.3) is 0 Å². The Morgan fingerprint density at radius 3 is 2.58 bits per heavy atom. The van der Waals surface area contributed by atoms with Crippen molar-refractivity contribution in [1.29, 1.82) is 0 Å². The topological polar surface area (TPSA) is 69.6 Å². The zero-order valence-electron chi connectivity index (χ0n) is 11.1. The largest absolute Gasteiger partial charge is 0.481 e. The number of nitrogens with zero attached hydrogens (tertiary/aromatic N) is 1. The standard InChI is InChI=1S/C14H18N2O3/c1-9-5-3-4-6-12(9)15-14(19)16-7-10(2)11(8-16)13(17)18/h3-6,10-11H,7-8H2,1-2H3,(H,15,19)(H,17,18)/t10-,11-/m1/s1. The van der Waals surface area contributed by atoms with Crippen LogP contribution in [-0.4, -0.2) is 35.1 Å². The molecule has 1 aromatic carbocycles. The van der Waals surface area contributed by atoms with Gasteiger partial charge in [-0.2, -0.15) is 0 Å².